The van der Waals surface area contributed by atoms with Gasteiger partial charge in [0.15, 0.2) is 0 Å². The largest absolute Gasteiger partial charge is 0.455 e. The lowest BCUT2D eigenvalue weighted by Gasteiger charge is -2.22. The fourth-order valence-corrected chi connectivity index (χ4v) is 15.7. The third-order valence-corrected chi connectivity index (χ3v) is 20.2. The summed E-state index contributed by atoms with van der Waals surface area (Å²) in [5.74, 6) is 0.919. The highest BCUT2D eigenvalue weighted by atomic mass is 16.3. The number of nitrogens with zero attached hydrogens (tertiary/aromatic N) is 6. The SMILES string of the molecule is CC1(C)c2cc3ccccc3cc2-c2cc3c4ccc5ccccc5c4n(-c4ccc(-c5cn6ccccc6n5)cc4)c3cc21.c1ccc(-n2c(-c3ccc(-n4c5cc6oc7c8ccccc8ccc7c6cc5c5ccc6ccccc6c54)cc3)nc3ccccc32)cc1. The van der Waals surface area contributed by atoms with Gasteiger partial charge in [0.1, 0.15) is 22.6 Å². The fourth-order valence-electron chi connectivity index (χ4n) is 15.7. The quantitative estimate of drug-likeness (QED) is 0.173. The average molecular weight is 1200 g/mol. The Bertz CT molecular complexity index is 6520. The molecular weight excluding hydrogens is 1140 g/mol. The Labute approximate surface area is 539 Å². The molecule has 0 spiro atoms. The zero-order chi connectivity index (χ0) is 61.9. The number of hydrogen-bond acceptors (Lipinski definition) is 3. The Balaban J connectivity index is 0.000000130. The lowest BCUT2D eigenvalue weighted by atomic mass is 9.81. The van der Waals surface area contributed by atoms with E-state index in [4.69, 9.17) is 14.4 Å². The highest BCUT2D eigenvalue weighted by molar-refractivity contribution is 6.24. The van der Waals surface area contributed by atoms with Crippen LogP contribution in [0.2, 0.25) is 0 Å². The first-order valence-electron chi connectivity index (χ1n) is 32.3. The van der Waals surface area contributed by atoms with Crippen molar-refractivity contribution in [3.63, 3.8) is 0 Å². The van der Waals surface area contributed by atoms with Crippen molar-refractivity contribution >= 4 is 125 Å². The minimum atomic E-state index is -0.112. The van der Waals surface area contributed by atoms with Crippen molar-refractivity contribution in [1.82, 2.24) is 28.1 Å². The highest BCUT2D eigenvalue weighted by Gasteiger charge is 2.37. The van der Waals surface area contributed by atoms with Crippen LogP contribution < -0.4 is 0 Å². The number of para-hydroxylation sites is 3. The van der Waals surface area contributed by atoms with E-state index in [1.807, 2.05) is 36.5 Å². The van der Waals surface area contributed by atoms with Crippen molar-refractivity contribution in [3.8, 4) is 50.8 Å². The fraction of sp³-hybridized carbons (Fsp3) is 0.0345. The van der Waals surface area contributed by atoms with E-state index in [1.165, 1.54) is 98.1 Å². The van der Waals surface area contributed by atoms with Crippen LogP contribution in [0.15, 0.2) is 308 Å². The van der Waals surface area contributed by atoms with Crippen molar-refractivity contribution < 1.29 is 4.42 Å². The third kappa shape index (κ3) is 7.73. The number of pyridine rings is 1. The average Bonchev–Trinajstić information content (AvgIpc) is 1.55. The summed E-state index contributed by atoms with van der Waals surface area (Å²) in [5.41, 5.74) is 21.5. The number of imidazole rings is 2. The Morgan fingerprint density at radius 1 is 0.340 bits per heavy atom. The molecule has 7 nitrogen and oxygen atoms in total. The summed E-state index contributed by atoms with van der Waals surface area (Å²) in [6.45, 7) is 4.76. The molecule has 0 amide bonds. The summed E-state index contributed by atoms with van der Waals surface area (Å²) in [6.07, 6.45) is 4.15. The third-order valence-electron chi connectivity index (χ3n) is 20.2. The van der Waals surface area contributed by atoms with Gasteiger partial charge in [-0.05, 0) is 158 Å². The molecule has 0 aliphatic heterocycles. The van der Waals surface area contributed by atoms with Gasteiger partial charge >= 0.3 is 0 Å². The minimum absolute atomic E-state index is 0.112. The summed E-state index contributed by atoms with van der Waals surface area (Å²) in [7, 11) is 0. The lowest BCUT2D eigenvalue weighted by Crippen LogP contribution is -2.15. The van der Waals surface area contributed by atoms with E-state index in [-0.39, 0.29) is 5.41 Å². The van der Waals surface area contributed by atoms with Crippen LogP contribution >= 0.6 is 0 Å². The molecule has 7 heteroatoms. The Hall–Kier alpha value is -12.3. The maximum atomic E-state index is 6.68. The zero-order valence-corrected chi connectivity index (χ0v) is 51.5. The van der Waals surface area contributed by atoms with Gasteiger partial charge in [0, 0.05) is 101 Å². The van der Waals surface area contributed by atoms with Gasteiger partial charge in [-0.15, -0.1) is 0 Å². The topological polar surface area (TPSA) is 58.1 Å². The van der Waals surface area contributed by atoms with Crippen molar-refractivity contribution in [2.24, 2.45) is 0 Å². The maximum absolute atomic E-state index is 6.68. The van der Waals surface area contributed by atoms with Gasteiger partial charge in [-0.1, -0.05) is 190 Å². The lowest BCUT2D eigenvalue weighted by molar-refractivity contribution is 0.662. The summed E-state index contributed by atoms with van der Waals surface area (Å²) >= 11 is 0. The van der Waals surface area contributed by atoms with Crippen LogP contribution in [0.5, 0.6) is 0 Å². The van der Waals surface area contributed by atoms with Crippen molar-refractivity contribution in [2.75, 3.05) is 0 Å². The van der Waals surface area contributed by atoms with Crippen LogP contribution in [-0.2, 0) is 5.41 Å². The highest BCUT2D eigenvalue weighted by Crippen LogP contribution is 2.53. The second-order valence-corrected chi connectivity index (χ2v) is 25.7. The molecule has 0 bridgehead atoms. The normalized spacial score (nSPS) is 12.9. The van der Waals surface area contributed by atoms with Crippen LogP contribution in [0.3, 0.4) is 0 Å². The van der Waals surface area contributed by atoms with Crippen molar-refractivity contribution in [2.45, 2.75) is 19.3 Å². The first-order valence-corrected chi connectivity index (χ1v) is 32.3. The van der Waals surface area contributed by atoms with Crippen LogP contribution in [0.4, 0.5) is 0 Å². The molecule has 94 heavy (non-hydrogen) atoms. The van der Waals surface area contributed by atoms with E-state index in [1.54, 1.807) is 0 Å². The second kappa shape index (κ2) is 19.8. The van der Waals surface area contributed by atoms with Crippen LogP contribution in [-0.4, -0.2) is 28.1 Å². The van der Waals surface area contributed by atoms with Crippen LogP contribution in [0.1, 0.15) is 25.0 Å². The van der Waals surface area contributed by atoms with Crippen molar-refractivity contribution in [1.29, 1.82) is 0 Å². The number of hydrogen-bond donors (Lipinski definition) is 0. The van der Waals surface area contributed by atoms with Gasteiger partial charge in [0.25, 0.3) is 0 Å². The number of benzene rings is 14. The standard InChI is InChI=1S/C45H27N3O.C42H29N3/c1-2-12-31(13-3-1)48-40-17-9-8-16-39(40)46-45(48)30-18-22-32(23-19-30)47-41-27-42-38(36-25-21-29-11-5-7-15-34(29)44(36)49-42)26-37(41)35-24-20-28-10-4-6-14-33(28)43(35)47;1-42(2)36-22-29-11-4-3-10-28(29)21-33(36)34-23-35-32-19-16-26-9-5-6-12-31(26)41(32)45(39(35)24-37(34)42)30-17-14-27(15-18-30)38-25-44-20-8-7-13-40(44)43-38/h1-27H;3-25H,1-2H3. The number of furan rings is 1. The van der Waals surface area contributed by atoms with Crippen molar-refractivity contribution in [3.05, 3.63) is 315 Å². The summed E-state index contributed by atoms with van der Waals surface area (Å²) < 4.78 is 15.9. The molecule has 0 unspecified atom stereocenters. The zero-order valence-electron chi connectivity index (χ0n) is 51.5. The molecule has 21 rings (SSSR count). The van der Waals surface area contributed by atoms with Gasteiger partial charge in [0.05, 0.1) is 38.8 Å². The van der Waals surface area contributed by atoms with Gasteiger partial charge in [-0.3, -0.25) is 4.57 Å². The molecule has 0 radical (unpaired) electrons. The molecule has 6 heterocycles. The summed E-state index contributed by atoms with van der Waals surface area (Å²) in [4.78, 5) is 9.98. The predicted octanol–water partition coefficient (Wildman–Crippen LogP) is 22.7. The minimum Gasteiger partial charge on any atom is -0.455 e. The first-order chi connectivity index (χ1) is 46.3. The Morgan fingerprint density at radius 3 is 1.56 bits per heavy atom. The molecule has 0 saturated carbocycles. The van der Waals surface area contributed by atoms with E-state index in [0.29, 0.717) is 0 Å². The molecule has 0 atom stereocenters. The summed E-state index contributed by atoms with van der Waals surface area (Å²) in [6, 6.07) is 105. The Morgan fingerprint density at radius 2 is 0.872 bits per heavy atom. The number of fused-ring (bicyclic) bond motifs is 21. The second-order valence-electron chi connectivity index (χ2n) is 25.7. The molecule has 6 aromatic heterocycles. The molecule has 440 valence electrons. The van der Waals surface area contributed by atoms with Gasteiger partial charge < -0.3 is 18.0 Å². The van der Waals surface area contributed by atoms with E-state index in [2.05, 4.69) is 299 Å². The number of aromatic nitrogens is 6. The molecule has 0 N–H and O–H groups in total. The van der Waals surface area contributed by atoms with Gasteiger partial charge in [-0.25, -0.2) is 9.97 Å². The van der Waals surface area contributed by atoms with Crippen LogP contribution in [0.25, 0.3) is 176 Å². The summed E-state index contributed by atoms with van der Waals surface area (Å²) in [5, 5.41) is 17.1. The van der Waals surface area contributed by atoms with Gasteiger partial charge in [-0.2, -0.15) is 0 Å². The smallest absolute Gasteiger partial charge is 0.145 e. The molecule has 20 aromatic rings. The molecule has 1 aliphatic carbocycles. The molecule has 1 aliphatic rings. The Kier molecular flexibility index (Phi) is 11.1. The molecule has 0 saturated heterocycles. The van der Waals surface area contributed by atoms with E-state index in [9.17, 15) is 0 Å². The van der Waals surface area contributed by atoms with E-state index < -0.39 is 0 Å². The van der Waals surface area contributed by atoms with E-state index in [0.717, 1.165) is 89.2 Å². The molecule has 14 aromatic carbocycles. The number of rotatable bonds is 5. The first kappa shape index (κ1) is 52.5. The van der Waals surface area contributed by atoms with E-state index >= 15 is 0 Å². The van der Waals surface area contributed by atoms with Crippen LogP contribution in [0, 0.1) is 0 Å². The molecular formula is C87H56N6O. The maximum Gasteiger partial charge on any atom is 0.145 e. The monoisotopic (exact) mass is 1200 g/mol. The van der Waals surface area contributed by atoms with Gasteiger partial charge in [0.2, 0.25) is 0 Å². The molecule has 0 fully saturated rings. The predicted molar refractivity (Wildman–Crippen MR) is 391 cm³/mol.